The number of nitrogens with zero attached hydrogens (tertiary/aromatic N) is 1. The van der Waals surface area contributed by atoms with Crippen molar-refractivity contribution in [1.82, 2.24) is 10.2 Å². The molecule has 1 saturated heterocycles. The number of rotatable bonds is 6. The van der Waals surface area contributed by atoms with Crippen molar-refractivity contribution in [2.45, 2.75) is 30.7 Å². The van der Waals surface area contributed by atoms with Crippen molar-refractivity contribution in [2.24, 2.45) is 0 Å². The second kappa shape index (κ2) is 8.28. The Morgan fingerprint density at radius 1 is 0.966 bits per heavy atom. The van der Waals surface area contributed by atoms with Crippen LogP contribution in [0, 0.1) is 0 Å². The van der Waals surface area contributed by atoms with E-state index in [-0.39, 0.29) is 22.8 Å². The first kappa shape index (κ1) is 20.1. The normalized spacial score (nSPS) is 21.7. The fourth-order valence-electron chi connectivity index (χ4n) is 4.46. The number of benzene rings is 2. The highest BCUT2D eigenvalue weighted by atomic mass is 32.2. The summed E-state index contributed by atoms with van der Waals surface area (Å²) in [6.07, 6.45) is 3.33. The van der Waals surface area contributed by atoms with E-state index in [2.05, 4.69) is 29.6 Å². The molecule has 2 aromatic carbocycles. The summed E-state index contributed by atoms with van der Waals surface area (Å²) < 4.78 is 23.7. The third-order valence-electron chi connectivity index (χ3n) is 6.41. The van der Waals surface area contributed by atoms with Gasteiger partial charge in [0.05, 0.1) is 11.5 Å². The van der Waals surface area contributed by atoms with Crippen molar-refractivity contribution < 1.29 is 13.2 Å². The zero-order chi connectivity index (χ0) is 20.3. The number of nitrogens with one attached hydrogen (secondary N) is 1. The van der Waals surface area contributed by atoms with E-state index in [0.717, 1.165) is 18.4 Å². The summed E-state index contributed by atoms with van der Waals surface area (Å²) in [5.41, 5.74) is 2.21. The maximum absolute atomic E-state index is 13.3. The van der Waals surface area contributed by atoms with Crippen LogP contribution in [0.1, 0.15) is 36.4 Å². The van der Waals surface area contributed by atoms with E-state index in [4.69, 9.17) is 0 Å². The number of carbonyl (C=O) groups is 1. The molecule has 29 heavy (non-hydrogen) atoms. The summed E-state index contributed by atoms with van der Waals surface area (Å²) in [4.78, 5) is 15.3. The van der Waals surface area contributed by atoms with E-state index >= 15 is 0 Å². The predicted octanol–water partition coefficient (Wildman–Crippen LogP) is 2.70. The van der Waals surface area contributed by atoms with Gasteiger partial charge in [-0.2, -0.15) is 0 Å². The first-order chi connectivity index (χ1) is 14.0. The molecule has 6 heteroatoms. The Labute approximate surface area is 173 Å². The molecular formula is C23H28N2O3S. The Balaban J connectivity index is 1.51. The molecule has 1 atom stereocenters. The molecule has 1 heterocycles. The summed E-state index contributed by atoms with van der Waals surface area (Å²) in [6.45, 7) is 1.39. The van der Waals surface area contributed by atoms with Crippen LogP contribution in [0.15, 0.2) is 60.7 Å². The lowest BCUT2D eigenvalue weighted by atomic mass is 9.64. The highest BCUT2D eigenvalue weighted by molar-refractivity contribution is 7.91. The minimum atomic E-state index is -3.00. The molecule has 1 amide bonds. The van der Waals surface area contributed by atoms with Gasteiger partial charge >= 0.3 is 0 Å². The average Bonchev–Trinajstić information content (AvgIpc) is 2.70. The first-order valence-corrected chi connectivity index (χ1v) is 12.1. The number of hydrogen-bond donors (Lipinski definition) is 1. The van der Waals surface area contributed by atoms with Gasteiger partial charge in [0.15, 0.2) is 9.84 Å². The molecule has 1 saturated carbocycles. The Morgan fingerprint density at radius 3 is 2.10 bits per heavy atom. The van der Waals surface area contributed by atoms with Gasteiger partial charge in [-0.25, -0.2) is 8.42 Å². The van der Waals surface area contributed by atoms with Crippen LogP contribution in [-0.2, 0) is 20.0 Å². The molecule has 2 aliphatic rings. The summed E-state index contributed by atoms with van der Waals surface area (Å²) in [7, 11) is -3.00. The lowest BCUT2D eigenvalue weighted by Crippen LogP contribution is -2.51. The molecule has 2 fully saturated rings. The van der Waals surface area contributed by atoms with Crippen molar-refractivity contribution in [3.05, 3.63) is 71.8 Å². The highest BCUT2D eigenvalue weighted by Gasteiger charge is 2.40. The third-order valence-corrected chi connectivity index (χ3v) is 8.01. The van der Waals surface area contributed by atoms with Crippen LogP contribution in [0.5, 0.6) is 0 Å². The maximum atomic E-state index is 13.3. The molecule has 0 aromatic heterocycles. The summed E-state index contributed by atoms with van der Waals surface area (Å²) >= 11 is 0. The predicted molar refractivity (Wildman–Crippen MR) is 114 cm³/mol. The standard InChI is InChI=1S/C23H28N2O3S/c26-22(24-18-23(12-7-13-23)20-10-5-2-6-11-20)21(19-8-3-1-4-9-19)25-14-16-29(27,28)17-15-25/h1-6,8-11,21H,7,12-18H2,(H,24,26). The SMILES string of the molecule is O=C(NCC1(c2ccccc2)CCC1)C(c1ccccc1)N1CCS(=O)(=O)CC1. The van der Waals surface area contributed by atoms with Gasteiger partial charge in [-0.05, 0) is 24.0 Å². The van der Waals surface area contributed by atoms with Crippen LogP contribution in [0.4, 0.5) is 0 Å². The van der Waals surface area contributed by atoms with E-state index < -0.39 is 15.9 Å². The molecule has 0 bridgehead atoms. The fraction of sp³-hybridized carbons (Fsp3) is 0.435. The molecule has 1 N–H and O–H groups in total. The Morgan fingerprint density at radius 2 is 1.55 bits per heavy atom. The van der Waals surface area contributed by atoms with Gasteiger partial charge in [-0.15, -0.1) is 0 Å². The summed E-state index contributed by atoms with van der Waals surface area (Å²) in [6, 6.07) is 19.6. The molecule has 0 radical (unpaired) electrons. The number of carbonyl (C=O) groups excluding carboxylic acids is 1. The van der Waals surface area contributed by atoms with Gasteiger partial charge in [-0.1, -0.05) is 67.1 Å². The van der Waals surface area contributed by atoms with E-state index in [1.54, 1.807) is 0 Å². The maximum Gasteiger partial charge on any atom is 0.241 e. The van der Waals surface area contributed by atoms with Crippen molar-refractivity contribution >= 4 is 15.7 Å². The Kier molecular flexibility index (Phi) is 5.74. The van der Waals surface area contributed by atoms with Crippen LogP contribution >= 0.6 is 0 Å². The average molecular weight is 413 g/mol. The minimum absolute atomic E-state index is 0.0173. The Bertz CT molecular complexity index is 927. The molecule has 154 valence electrons. The van der Waals surface area contributed by atoms with Gasteiger partial charge in [0.25, 0.3) is 0 Å². The smallest absolute Gasteiger partial charge is 0.241 e. The van der Waals surface area contributed by atoms with Crippen molar-refractivity contribution in [2.75, 3.05) is 31.1 Å². The van der Waals surface area contributed by atoms with E-state index in [1.165, 1.54) is 12.0 Å². The molecule has 0 spiro atoms. The van der Waals surface area contributed by atoms with Crippen molar-refractivity contribution in [3.63, 3.8) is 0 Å². The number of sulfone groups is 1. The number of hydrogen-bond acceptors (Lipinski definition) is 4. The zero-order valence-corrected chi connectivity index (χ0v) is 17.4. The van der Waals surface area contributed by atoms with Gasteiger partial charge in [0.2, 0.25) is 5.91 Å². The van der Waals surface area contributed by atoms with Gasteiger partial charge < -0.3 is 5.32 Å². The molecular weight excluding hydrogens is 384 g/mol. The second-order valence-corrected chi connectivity index (χ2v) is 10.5. The molecule has 5 nitrogen and oxygen atoms in total. The van der Waals surface area contributed by atoms with Gasteiger partial charge in [0.1, 0.15) is 6.04 Å². The Hall–Kier alpha value is -2.18. The van der Waals surface area contributed by atoms with Gasteiger partial charge in [0, 0.05) is 25.0 Å². The molecule has 1 aliphatic carbocycles. The monoisotopic (exact) mass is 412 g/mol. The van der Waals surface area contributed by atoms with Crippen LogP contribution in [0.25, 0.3) is 0 Å². The third kappa shape index (κ3) is 4.38. The topological polar surface area (TPSA) is 66.5 Å². The zero-order valence-electron chi connectivity index (χ0n) is 16.6. The van der Waals surface area contributed by atoms with Crippen LogP contribution < -0.4 is 5.32 Å². The lowest BCUT2D eigenvalue weighted by molar-refractivity contribution is -0.127. The lowest BCUT2D eigenvalue weighted by Gasteiger charge is -2.43. The molecule has 1 aliphatic heterocycles. The van der Waals surface area contributed by atoms with Gasteiger partial charge in [-0.3, -0.25) is 9.69 Å². The van der Waals surface area contributed by atoms with Crippen LogP contribution in [-0.4, -0.2) is 50.4 Å². The van der Waals surface area contributed by atoms with Crippen LogP contribution in [0.2, 0.25) is 0 Å². The fourth-order valence-corrected chi connectivity index (χ4v) is 5.69. The molecule has 2 aromatic rings. The highest BCUT2D eigenvalue weighted by Crippen LogP contribution is 2.43. The largest absolute Gasteiger partial charge is 0.354 e. The molecule has 4 rings (SSSR count). The first-order valence-electron chi connectivity index (χ1n) is 10.3. The van der Waals surface area contributed by atoms with E-state index in [1.807, 2.05) is 41.3 Å². The quantitative estimate of drug-likeness (QED) is 0.792. The summed E-state index contributed by atoms with van der Waals surface area (Å²) in [5.74, 6) is 0.174. The van der Waals surface area contributed by atoms with Crippen molar-refractivity contribution in [1.29, 1.82) is 0 Å². The number of amides is 1. The molecule has 1 unspecified atom stereocenters. The van der Waals surface area contributed by atoms with E-state index in [9.17, 15) is 13.2 Å². The second-order valence-electron chi connectivity index (χ2n) is 8.22. The van der Waals surface area contributed by atoms with Crippen molar-refractivity contribution in [3.8, 4) is 0 Å². The van der Waals surface area contributed by atoms with E-state index in [0.29, 0.717) is 19.6 Å². The minimum Gasteiger partial charge on any atom is -0.354 e. The van der Waals surface area contributed by atoms with Crippen LogP contribution in [0.3, 0.4) is 0 Å². The summed E-state index contributed by atoms with van der Waals surface area (Å²) in [5, 5.41) is 3.21.